The van der Waals surface area contributed by atoms with E-state index in [4.69, 9.17) is 0 Å². The minimum atomic E-state index is 0.134. The molecule has 31 heavy (non-hydrogen) atoms. The summed E-state index contributed by atoms with van der Waals surface area (Å²) in [7, 11) is 1.94. The van der Waals surface area contributed by atoms with Gasteiger partial charge in [0.2, 0.25) is 0 Å². The molecular weight excluding hydrogens is 388 g/mol. The van der Waals surface area contributed by atoms with E-state index in [1.54, 1.807) is 0 Å². The van der Waals surface area contributed by atoms with Crippen LogP contribution >= 0.6 is 0 Å². The normalized spacial score (nSPS) is 22.2. The molecule has 0 bridgehead atoms. The largest absolute Gasteiger partial charge is 0.396 e. The number of aromatic nitrogens is 2. The standard InChI is InChI=1S/C24H28N6O/c1-16-24-21-7-6-18(19-14-25-29(2)15-19)13-22(21)23(8-10-30(24)28-27-16)26-20-5-3-4-17(12-20)9-11-31/h3-7,12-16,23-24,26,31H,8-11H2,1-2H3. The Balaban J connectivity index is 1.55. The van der Waals surface area contributed by atoms with Crippen molar-refractivity contribution in [3.63, 3.8) is 0 Å². The number of anilines is 1. The molecule has 1 aromatic heterocycles. The number of aliphatic hydroxyl groups excluding tert-OH is 1. The van der Waals surface area contributed by atoms with E-state index in [9.17, 15) is 5.11 Å². The second-order valence-corrected chi connectivity index (χ2v) is 8.46. The third-order valence-corrected chi connectivity index (χ3v) is 6.26. The predicted octanol–water partition coefficient (Wildman–Crippen LogP) is 4.29. The van der Waals surface area contributed by atoms with E-state index in [2.05, 4.69) is 69.1 Å². The predicted molar refractivity (Wildman–Crippen MR) is 121 cm³/mol. The molecule has 3 unspecified atom stereocenters. The summed E-state index contributed by atoms with van der Waals surface area (Å²) in [6.45, 7) is 3.15. The van der Waals surface area contributed by atoms with Gasteiger partial charge in [0.05, 0.1) is 24.3 Å². The maximum atomic E-state index is 9.30. The molecule has 0 saturated carbocycles. The lowest BCUT2D eigenvalue weighted by atomic mass is 9.90. The number of aliphatic hydroxyl groups is 1. The first-order valence-electron chi connectivity index (χ1n) is 10.9. The third kappa shape index (κ3) is 3.81. The topological polar surface area (TPSA) is 78.0 Å². The molecule has 0 fully saturated rings. The van der Waals surface area contributed by atoms with Gasteiger partial charge in [-0.15, -0.1) is 0 Å². The fourth-order valence-electron chi connectivity index (χ4n) is 4.73. The van der Waals surface area contributed by atoms with Gasteiger partial charge in [-0.1, -0.05) is 29.5 Å². The lowest BCUT2D eigenvalue weighted by molar-refractivity contribution is 0.227. The molecule has 0 spiro atoms. The number of hydrogen-bond donors (Lipinski definition) is 2. The van der Waals surface area contributed by atoms with Gasteiger partial charge in [-0.2, -0.15) is 10.2 Å². The molecule has 7 nitrogen and oxygen atoms in total. The number of hydrogen-bond acceptors (Lipinski definition) is 6. The van der Waals surface area contributed by atoms with Crippen molar-refractivity contribution in [2.75, 3.05) is 18.5 Å². The Hall–Kier alpha value is -3.19. The lowest BCUT2D eigenvalue weighted by Crippen LogP contribution is -2.25. The van der Waals surface area contributed by atoms with E-state index in [0.717, 1.165) is 29.8 Å². The maximum absolute atomic E-state index is 9.30. The van der Waals surface area contributed by atoms with E-state index in [1.807, 2.05) is 30.2 Å². The molecule has 2 N–H and O–H groups in total. The summed E-state index contributed by atoms with van der Waals surface area (Å²) in [5.41, 5.74) is 7.07. The van der Waals surface area contributed by atoms with Gasteiger partial charge in [-0.25, -0.2) is 0 Å². The van der Waals surface area contributed by atoms with Crippen LogP contribution in [0.3, 0.4) is 0 Å². The van der Waals surface area contributed by atoms with Gasteiger partial charge in [-0.3, -0.25) is 9.69 Å². The fraction of sp³-hybridized carbons (Fsp3) is 0.375. The highest BCUT2D eigenvalue weighted by atomic mass is 16.2. The van der Waals surface area contributed by atoms with Crippen molar-refractivity contribution in [1.82, 2.24) is 14.8 Å². The van der Waals surface area contributed by atoms with Crippen molar-refractivity contribution < 1.29 is 5.11 Å². The monoisotopic (exact) mass is 416 g/mol. The number of nitrogens with one attached hydrogen (secondary N) is 1. The summed E-state index contributed by atoms with van der Waals surface area (Å²) >= 11 is 0. The molecule has 5 rings (SSSR count). The van der Waals surface area contributed by atoms with Gasteiger partial charge in [0, 0.05) is 37.6 Å². The van der Waals surface area contributed by atoms with Gasteiger partial charge in [0.1, 0.15) is 0 Å². The molecule has 2 aliphatic heterocycles. The molecule has 3 aromatic rings. The van der Waals surface area contributed by atoms with E-state index in [1.165, 1.54) is 16.7 Å². The third-order valence-electron chi connectivity index (χ3n) is 6.26. The number of nitrogens with zero attached hydrogens (tertiary/aromatic N) is 5. The van der Waals surface area contributed by atoms with Gasteiger partial charge in [0.25, 0.3) is 0 Å². The summed E-state index contributed by atoms with van der Waals surface area (Å²) in [5, 5.41) is 28.4. The first-order valence-corrected chi connectivity index (χ1v) is 10.9. The van der Waals surface area contributed by atoms with E-state index < -0.39 is 0 Å². The van der Waals surface area contributed by atoms with E-state index in [-0.39, 0.29) is 24.7 Å². The Morgan fingerprint density at radius 2 is 2.03 bits per heavy atom. The zero-order valence-electron chi connectivity index (χ0n) is 17.9. The van der Waals surface area contributed by atoms with Crippen LogP contribution in [-0.2, 0) is 13.5 Å². The quantitative estimate of drug-likeness (QED) is 0.650. The Morgan fingerprint density at radius 1 is 1.13 bits per heavy atom. The van der Waals surface area contributed by atoms with Crippen molar-refractivity contribution in [3.8, 4) is 11.1 Å². The first-order chi connectivity index (χ1) is 15.1. The second kappa shape index (κ2) is 8.15. The first kappa shape index (κ1) is 19.8. The summed E-state index contributed by atoms with van der Waals surface area (Å²) in [6.07, 6.45) is 5.55. The maximum Gasteiger partial charge on any atom is 0.0979 e. The van der Waals surface area contributed by atoms with Crippen LogP contribution in [0.25, 0.3) is 11.1 Å². The molecule has 0 aliphatic carbocycles. The van der Waals surface area contributed by atoms with E-state index >= 15 is 0 Å². The fourth-order valence-corrected chi connectivity index (χ4v) is 4.73. The van der Waals surface area contributed by atoms with Crippen LogP contribution in [0.15, 0.2) is 65.2 Å². The lowest BCUT2D eigenvalue weighted by Gasteiger charge is -2.24. The summed E-state index contributed by atoms with van der Waals surface area (Å²) in [4.78, 5) is 0. The van der Waals surface area contributed by atoms with Crippen molar-refractivity contribution in [3.05, 3.63) is 71.5 Å². The van der Waals surface area contributed by atoms with Gasteiger partial charge in [0.15, 0.2) is 0 Å². The number of fused-ring (bicyclic) bond motifs is 3. The second-order valence-electron chi connectivity index (χ2n) is 8.46. The highest BCUT2D eigenvalue weighted by Crippen LogP contribution is 2.42. The minimum Gasteiger partial charge on any atom is -0.396 e. The number of aryl methyl sites for hydroxylation is 1. The molecule has 3 heterocycles. The van der Waals surface area contributed by atoms with Gasteiger partial charge >= 0.3 is 0 Å². The summed E-state index contributed by atoms with van der Waals surface area (Å²) in [6, 6.07) is 15.5. The van der Waals surface area contributed by atoms with Crippen LogP contribution in [0.4, 0.5) is 5.69 Å². The van der Waals surface area contributed by atoms with Crippen LogP contribution in [0.5, 0.6) is 0 Å². The molecule has 7 heteroatoms. The Morgan fingerprint density at radius 3 is 2.84 bits per heavy atom. The molecule has 3 atom stereocenters. The smallest absolute Gasteiger partial charge is 0.0979 e. The SMILES string of the molecule is CC1N=NN2CCC(Nc3cccc(CCO)c3)c3cc(-c4cnn(C)c4)ccc3C12. The summed E-state index contributed by atoms with van der Waals surface area (Å²) in [5.74, 6) is 0. The Kier molecular flexibility index (Phi) is 5.19. The minimum absolute atomic E-state index is 0.134. The number of benzene rings is 2. The Bertz CT molecular complexity index is 1110. The van der Waals surface area contributed by atoms with Crippen LogP contribution in [0, 0.1) is 0 Å². The van der Waals surface area contributed by atoms with Crippen molar-refractivity contribution in [1.29, 1.82) is 0 Å². The van der Waals surface area contributed by atoms with Gasteiger partial charge in [-0.05, 0) is 60.2 Å². The highest BCUT2D eigenvalue weighted by Gasteiger charge is 2.37. The van der Waals surface area contributed by atoms with Crippen LogP contribution in [0.1, 0.15) is 42.1 Å². The zero-order chi connectivity index (χ0) is 21.4. The van der Waals surface area contributed by atoms with E-state index in [0.29, 0.717) is 6.42 Å². The van der Waals surface area contributed by atoms with Crippen molar-refractivity contribution in [2.45, 2.75) is 37.9 Å². The number of rotatable bonds is 5. The molecule has 0 amide bonds. The van der Waals surface area contributed by atoms with Crippen molar-refractivity contribution >= 4 is 5.69 Å². The van der Waals surface area contributed by atoms with Crippen LogP contribution < -0.4 is 5.32 Å². The molecule has 0 radical (unpaired) electrons. The molecule has 160 valence electrons. The summed E-state index contributed by atoms with van der Waals surface area (Å²) < 4.78 is 1.84. The molecule has 2 aromatic carbocycles. The molecule has 2 aliphatic rings. The van der Waals surface area contributed by atoms with Crippen LogP contribution in [0.2, 0.25) is 0 Å². The van der Waals surface area contributed by atoms with Gasteiger partial charge < -0.3 is 10.4 Å². The van der Waals surface area contributed by atoms with Crippen LogP contribution in [-0.4, -0.2) is 39.1 Å². The van der Waals surface area contributed by atoms with Crippen molar-refractivity contribution in [2.24, 2.45) is 17.4 Å². The molecule has 0 saturated heterocycles. The zero-order valence-corrected chi connectivity index (χ0v) is 17.9. The average molecular weight is 417 g/mol. The average Bonchev–Trinajstić information content (AvgIpc) is 3.32. The highest BCUT2D eigenvalue weighted by molar-refractivity contribution is 5.65. The Labute approximate surface area is 182 Å². The molecular formula is C24H28N6O.